The lowest BCUT2D eigenvalue weighted by molar-refractivity contribution is -0.117. The highest BCUT2D eigenvalue weighted by atomic mass is 35.5. The van der Waals surface area contributed by atoms with Crippen molar-refractivity contribution in [1.29, 1.82) is 0 Å². The number of Topliss-reactive ketones (excluding diaryl/α,β-unsaturated/α-hetero) is 1. The summed E-state index contributed by atoms with van der Waals surface area (Å²) in [5.41, 5.74) is 2.60. The van der Waals surface area contributed by atoms with E-state index < -0.39 is 0 Å². The normalized spacial score (nSPS) is 13.7. The van der Waals surface area contributed by atoms with Crippen LogP contribution in [0.3, 0.4) is 0 Å². The predicted octanol–water partition coefficient (Wildman–Crippen LogP) is 2.79. The number of halogens is 1. The lowest BCUT2D eigenvalue weighted by atomic mass is 10.0. The summed E-state index contributed by atoms with van der Waals surface area (Å²) in [4.78, 5) is 24.4. The molecule has 0 radical (unpaired) electrons. The smallest absolute Gasteiger partial charge is 0.255 e. The molecule has 3 nitrogen and oxygen atoms in total. The molecule has 1 amide bonds. The van der Waals surface area contributed by atoms with Gasteiger partial charge in [-0.3, -0.25) is 9.59 Å². The zero-order valence-corrected chi connectivity index (χ0v) is 11.6. The van der Waals surface area contributed by atoms with Crippen LogP contribution in [0.15, 0.2) is 29.8 Å². The van der Waals surface area contributed by atoms with Crippen LogP contribution in [-0.4, -0.2) is 24.1 Å². The number of fused-ring (bicyclic) bond motifs is 1. The zero-order valence-electron chi connectivity index (χ0n) is 10.8. The van der Waals surface area contributed by atoms with Gasteiger partial charge in [-0.25, -0.2) is 0 Å². The number of carbonyl (C=O) groups excluding carboxylic acids is 2. The molecule has 0 atom stereocenters. The van der Waals surface area contributed by atoms with Gasteiger partial charge in [0, 0.05) is 18.0 Å². The molecule has 1 aromatic rings. The minimum atomic E-state index is -0.284. The van der Waals surface area contributed by atoms with E-state index in [-0.39, 0.29) is 17.3 Å². The van der Waals surface area contributed by atoms with E-state index in [2.05, 4.69) is 5.32 Å². The standard InChI is InChI=1S/C15H16ClNO2/c1-2-17-15(19)13-11(8-5-9-16)10-6-3-4-7-12(10)14(13)18/h3-4,6-7H,2,5,8-9H2,1H3,(H,17,19). The quantitative estimate of drug-likeness (QED) is 0.664. The Balaban J connectivity index is 2.45. The number of hydrogen-bond acceptors (Lipinski definition) is 2. The van der Waals surface area contributed by atoms with Crippen LogP contribution < -0.4 is 5.32 Å². The Morgan fingerprint density at radius 1 is 1.26 bits per heavy atom. The number of allylic oxidation sites excluding steroid dienone is 1. The van der Waals surface area contributed by atoms with Crippen molar-refractivity contribution in [2.45, 2.75) is 19.8 Å². The van der Waals surface area contributed by atoms with Gasteiger partial charge in [-0.1, -0.05) is 24.3 Å². The molecule has 2 rings (SSSR count). The molecule has 0 heterocycles. The zero-order chi connectivity index (χ0) is 13.8. The summed E-state index contributed by atoms with van der Waals surface area (Å²) >= 11 is 5.72. The molecule has 19 heavy (non-hydrogen) atoms. The lowest BCUT2D eigenvalue weighted by Gasteiger charge is -2.06. The molecule has 1 aliphatic carbocycles. The summed E-state index contributed by atoms with van der Waals surface area (Å²) in [5, 5.41) is 2.71. The highest BCUT2D eigenvalue weighted by Crippen LogP contribution is 2.35. The van der Waals surface area contributed by atoms with Gasteiger partial charge in [-0.15, -0.1) is 11.6 Å². The second-order valence-electron chi connectivity index (χ2n) is 4.38. The largest absolute Gasteiger partial charge is 0.352 e. The van der Waals surface area contributed by atoms with Crippen molar-refractivity contribution in [1.82, 2.24) is 5.32 Å². The summed E-state index contributed by atoms with van der Waals surface area (Å²) in [6.45, 7) is 2.35. The number of alkyl halides is 1. The van der Waals surface area contributed by atoms with Crippen LogP contribution in [0.5, 0.6) is 0 Å². The molecular formula is C15H16ClNO2. The second-order valence-corrected chi connectivity index (χ2v) is 4.76. The van der Waals surface area contributed by atoms with E-state index in [4.69, 9.17) is 11.6 Å². The Morgan fingerprint density at radius 2 is 1.95 bits per heavy atom. The van der Waals surface area contributed by atoms with Gasteiger partial charge in [-0.2, -0.15) is 0 Å². The maximum Gasteiger partial charge on any atom is 0.255 e. The molecule has 100 valence electrons. The minimum Gasteiger partial charge on any atom is -0.352 e. The molecule has 1 N–H and O–H groups in total. The van der Waals surface area contributed by atoms with E-state index in [1.165, 1.54) is 0 Å². The van der Waals surface area contributed by atoms with Crippen molar-refractivity contribution in [2.75, 3.05) is 12.4 Å². The van der Waals surface area contributed by atoms with E-state index in [9.17, 15) is 9.59 Å². The van der Waals surface area contributed by atoms with Crippen molar-refractivity contribution >= 4 is 28.9 Å². The molecule has 1 aliphatic rings. The van der Waals surface area contributed by atoms with Crippen LogP contribution in [0.4, 0.5) is 0 Å². The van der Waals surface area contributed by atoms with Crippen LogP contribution in [0, 0.1) is 0 Å². The van der Waals surface area contributed by atoms with Gasteiger partial charge in [0.25, 0.3) is 5.91 Å². The fraction of sp³-hybridized carbons (Fsp3) is 0.333. The monoisotopic (exact) mass is 277 g/mol. The van der Waals surface area contributed by atoms with Crippen molar-refractivity contribution < 1.29 is 9.59 Å². The average molecular weight is 278 g/mol. The van der Waals surface area contributed by atoms with Gasteiger partial charge < -0.3 is 5.32 Å². The Kier molecular flexibility index (Phi) is 4.38. The van der Waals surface area contributed by atoms with Crippen LogP contribution in [0.2, 0.25) is 0 Å². The van der Waals surface area contributed by atoms with Gasteiger partial charge in [0.05, 0.1) is 5.57 Å². The molecule has 0 saturated heterocycles. The van der Waals surface area contributed by atoms with E-state index in [0.717, 1.165) is 17.6 Å². The molecule has 0 aromatic heterocycles. The first kappa shape index (κ1) is 13.8. The lowest BCUT2D eigenvalue weighted by Crippen LogP contribution is -2.27. The molecule has 0 bridgehead atoms. The van der Waals surface area contributed by atoms with Crippen LogP contribution in [0.1, 0.15) is 35.7 Å². The molecule has 4 heteroatoms. The fourth-order valence-corrected chi connectivity index (χ4v) is 2.48. The summed E-state index contributed by atoms with van der Waals surface area (Å²) in [5.74, 6) is 0.0575. The molecule has 1 aromatic carbocycles. The minimum absolute atomic E-state index is 0.175. The van der Waals surface area contributed by atoms with Crippen molar-refractivity contribution in [3.8, 4) is 0 Å². The van der Waals surface area contributed by atoms with E-state index in [1.54, 1.807) is 6.07 Å². The van der Waals surface area contributed by atoms with Crippen LogP contribution >= 0.6 is 11.6 Å². The molecule has 0 fully saturated rings. The van der Waals surface area contributed by atoms with Gasteiger partial charge in [0.1, 0.15) is 0 Å². The SMILES string of the molecule is CCNC(=O)C1=C(CCCCl)c2ccccc2C1=O. The third-order valence-corrected chi connectivity index (χ3v) is 3.42. The average Bonchev–Trinajstić information content (AvgIpc) is 2.70. The molecule has 0 saturated carbocycles. The van der Waals surface area contributed by atoms with Gasteiger partial charge >= 0.3 is 0 Å². The van der Waals surface area contributed by atoms with Crippen molar-refractivity contribution in [2.24, 2.45) is 0 Å². The van der Waals surface area contributed by atoms with Gasteiger partial charge in [-0.05, 0) is 30.9 Å². The number of carbonyl (C=O) groups is 2. The predicted molar refractivity (Wildman–Crippen MR) is 76.3 cm³/mol. The first-order chi connectivity index (χ1) is 9.20. The number of likely N-dealkylation sites (N-methyl/N-ethyl adjacent to an activating group) is 1. The maximum atomic E-state index is 12.3. The number of benzene rings is 1. The highest BCUT2D eigenvalue weighted by Gasteiger charge is 2.32. The molecule has 0 aliphatic heterocycles. The van der Waals surface area contributed by atoms with E-state index in [1.807, 2.05) is 25.1 Å². The molecular weight excluding hydrogens is 262 g/mol. The first-order valence-electron chi connectivity index (χ1n) is 6.42. The summed E-state index contributed by atoms with van der Waals surface area (Å²) in [6, 6.07) is 7.36. The number of amides is 1. The Hall–Kier alpha value is -1.61. The first-order valence-corrected chi connectivity index (χ1v) is 6.95. The third-order valence-electron chi connectivity index (χ3n) is 3.15. The summed E-state index contributed by atoms with van der Waals surface area (Å²) < 4.78 is 0. The summed E-state index contributed by atoms with van der Waals surface area (Å²) in [6.07, 6.45) is 1.40. The second kappa shape index (κ2) is 6.02. The molecule has 0 unspecified atom stereocenters. The topological polar surface area (TPSA) is 46.2 Å². The van der Waals surface area contributed by atoms with E-state index >= 15 is 0 Å². The number of rotatable bonds is 5. The number of hydrogen-bond donors (Lipinski definition) is 1. The number of nitrogens with one attached hydrogen (secondary N) is 1. The van der Waals surface area contributed by atoms with Gasteiger partial charge in [0.15, 0.2) is 5.78 Å². The third kappa shape index (κ3) is 2.56. The van der Waals surface area contributed by atoms with Crippen LogP contribution in [0.25, 0.3) is 5.57 Å². The summed E-state index contributed by atoms with van der Waals surface area (Å²) in [7, 11) is 0. The van der Waals surface area contributed by atoms with Crippen molar-refractivity contribution in [3.63, 3.8) is 0 Å². The van der Waals surface area contributed by atoms with Gasteiger partial charge in [0.2, 0.25) is 0 Å². The molecule has 0 spiro atoms. The van der Waals surface area contributed by atoms with Crippen molar-refractivity contribution in [3.05, 3.63) is 41.0 Å². The highest BCUT2D eigenvalue weighted by molar-refractivity contribution is 6.34. The fourth-order valence-electron chi connectivity index (χ4n) is 2.34. The van der Waals surface area contributed by atoms with E-state index in [0.29, 0.717) is 24.4 Å². The maximum absolute atomic E-state index is 12.3. The Morgan fingerprint density at radius 3 is 2.58 bits per heavy atom. The number of ketones is 1. The van der Waals surface area contributed by atoms with Crippen LogP contribution in [-0.2, 0) is 4.79 Å². The Bertz CT molecular complexity index is 549. The Labute approximate surface area is 117 Å².